The largest absolute Gasteiger partial charge is 0.359 e. The van der Waals surface area contributed by atoms with E-state index in [4.69, 9.17) is 5.73 Å². The molecule has 0 aliphatic carbocycles. The lowest BCUT2D eigenvalue weighted by molar-refractivity contribution is 0.0993. The minimum absolute atomic E-state index is 0.119. The van der Waals surface area contributed by atoms with E-state index in [1.54, 1.807) is 0 Å². The molecular weight excluding hydrogens is 202 g/mol. The second kappa shape index (κ2) is 3.43. The van der Waals surface area contributed by atoms with Gasteiger partial charge in [-0.15, -0.1) is 0 Å². The van der Waals surface area contributed by atoms with Crippen molar-refractivity contribution in [1.82, 2.24) is 4.98 Å². The van der Waals surface area contributed by atoms with Gasteiger partial charge in [-0.1, -0.05) is 0 Å². The Morgan fingerprint density at radius 3 is 2.87 bits per heavy atom. The normalized spacial score (nSPS) is 10.9. The highest BCUT2D eigenvalue weighted by molar-refractivity contribution is 6.01. The fraction of sp³-hybridized carbons (Fsp3) is 0.100. The molecular formula is C10H8F2N2O. The number of rotatable bonds is 2. The molecule has 1 aromatic heterocycles. The summed E-state index contributed by atoms with van der Waals surface area (Å²) in [5.74, 6) is -2.51. The van der Waals surface area contributed by atoms with Crippen molar-refractivity contribution >= 4 is 16.7 Å². The molecule has 2 rings (SSSR count). The van der Waals surface area contributed by atoms with Gasteiger partial charge in [0.25, 0.3) is 0 Å². The van der Waals surface area contributed by atoms with Crippen LogP contribution < -0.4 is 5.73 Å². The summed E-state index contributed by atoms with van der Waals surface area (Å²) < 4.78 is 27.0. The summed E-state index contributed by atoms with van der Waals surface area (Å²) in [6.07, 6.45) is 1.48. The molecule has 0 fully saturated rings. The van der Waals surface area contributed by atoms with Gasteiger partial charge in [-0.3, -0.25) is 4.79 Å². The molecule has 0 saturated carbocycles. The third-order valence-electron chi connectivity index (χ3n) is 2.20. The summed E-state index contributed by atoms with van der Waals surface area (Å²) >= 11 is 0. The number of benzene rings is 1. The van der Waals surface area contributed by atoms with Crippen LogP contribution in [0.3, 0.4) is 0 Å². The summed E-state index contributed by atoms with van der Waals surface area (Å²) in [6, 6.07) is 2.63. The molecule has 0 unspecified atom stereocenters. The van der Waals surface area contributed by atoms with Crippen molar-refractivity contribution in [3.05, 3.63) is 35.5 Å². The quantitative estimate of drug-likeness (QED) is 0.739. The second-order valence-corrected chi connectivity index (χ2v) is 3.12. The van der Waals surface area contributed by atoms with Crippen LogP contribution in [0, 0.1) is 11.6 Å². The summed E-state index contributed by atoms with van der Waals surface area (Å²) in [4.78, 5) is 13.8. The van der Waals surface area contributed by atoms with Crippen LogP contribution in [0.5, 0.6) is 0 Å². The van der Waals surface area contributed by atoms with Crippen molar-refractivity contribution in [2.75, 3.05) is 6.54 Å². The van der Waals surface area contributed by atoms with Crippen LogP contribution in [0.15, 0.2) is 18.3 Å². The minimum atomic E-state index is -0.884. The Hall–Kier alpha value is -1.75. The first kappa shape index (κ1) is 9.79. The van der Waals surface area contributed by atoms with Gasteiger partial charge in [0.05, 0.1) is 17.6 Å². The van der Waals surface area contributed by atoms with Gasteiger partial charge in [0.1, 0.15) is 5.82 Å². The number of hydrogen-bond donors (Lipinski definition) is 2. The Kier molecular flexibility index (Phi) is 2.24. The number of hydrogen-bond acceptors (Lipinski definition) is 2. The molecule has 0 radical (unpaired) electrons. The lowest BCUT2D eigenvalue weighted by Crippen LogP contribution is -2.17. The van der Waals surface area contributed by atoms with Gasteiger partial charge in [-0.2, -0.15) is 0 Å². The number of nitrogens with two attached hydrogens (primary N) is 1. The molecule has 0 atom stereocenters. The number of halogens is 2. The van der Waals surface area contributed by atoms with Gasteiger partial charge in [-0.05, 0) is 12.1 Å². The maximum Gasteiger partial charge on any atom is 0.182 e. The average Bonchev–Trinajstić information content (AvgIpc) is 2.65. The molecule has 1 heterocycles. The first-order chi connectivity index (χ1) is 7.15. The predicted octanol–water partition coefficient (Wildman–Crippen LogP) is 1.59. The number of aromatic amines is 1. The molecule has 78 valence electrons. The molecule has 15 heavy (non-hydrogen) atoms. The number of fused-ring (bicyclic) bond motifs is 1. The molecule has 0 amide bonds. The number of aromatic nitrogens is 1. The van der Waals surface area contributed by atoms with Crippen LogP contribution in [0.2, 0.25) is 0 Å². The maximum absolute atomic E-state index is 13.7. The Bertz CT molecular complexity index is 533. The van der Waals surface area contributed by atoms with E-state index in [0.717, 1.165) is 6.07 Å². The van der Waals surface area contributed by atoms with E-state index in [1.165, 1.54) is 12.3 Å². The van der Waals surface area contributed by atoms with Crippen LogP contribution in [0.1, 0.15) is 10.4 Å². The number of ketones is 1. The number of nitrogens with one attached hydrogen (secondary N) is 1. The van der Waals surface area contributed by atoms with E-state index >= 15 is 0 Å². The van der Waals surface area contributed by atoms with Gasteiger partial charge < -0.3 is 10.7 Å². The van der Waals surface area contributed by atoms with Gasteiger partial charge in [0.2, 0.25) is 0 Å². The van der Waals surface area contributed by atoms with Crippen molar-refractivity contribution in [3.63, 3.8) is 0 Å². The van der Waals surface area contributed by atoms with Gasteiger partial charge in [0, 0.05) is 11.6 Å². The lowest BCUT2D eigenvalue weighted by Gasteiger charge is -2.03. The molecule has 1 aromatic carbocycles. The number of Topliss-reactive ketones (excluding diaryl/α,β-unsaturated/α-hetero) is 1. The summed E-state index contributed by atoms with van der Waals surface area (Å²) in [6.45, 7) is -0.417. The van der Waals surface area contributed by atoms with Gasteiger partial charge >= 0.3 is 0 Å². The fourth-order valence-electron chi connectivity index (χ4n) is 1.49. The molecule has 5 heteroatoms. The SMILES string of the molecule is NCC(=O)c1c(F)cc2cc[nH]c2c1F. The second-order valence-electron chi connectivity index (χ2n) is 3.12. The van der Waals surface area contributed by atoms with E-state index < -0.39 is 29.5 Å². The Morgan fingerprint density at radius 1 is 1.47 bits per heavy atom. The zero-order valence-corrected chi connectivity index (χ0v) is 7.68. The molecule has 0 aliphatic heterocycles. The van der Waals surface area contributed by atoms with Crippen molar-refractivity contribution in [2.24, 2.45) is 5.73 Å². The zero-order chi connectivity index (χ0) is 11.0. The van der Waals surface area contributed by atoms with Crippen molar-refractivity contribution in [1.29, 1.82) is 0 Å². The lowest BCUT2D eigenvalue weighted by atomic mass is 10.1. The maximum atomic E-state index is 13.7. The van der Waals surface area contributed by atoms with Gasteiger partial charge in [-0.25, -0.2) is 8.78 Å². The van der Waals surface area contributed by atoms with E-state index in [2.05, 4.69) is 4.98 Å². The molecule has 3 N–H and O–H groups in total. The van der Waals surface area contributed by atoms with Crippen molar-refractivity contribution in [2.45, 2.75) is 0 Å². The monoisotopic (exact) mass is 210 g/mol. The topological polar surface area (TPSA) is 58.9 Å². The highest BCUT2D eigenvalue weighted by Crippen LogP contribution is 2.22. The van der Waals surface area contributed by atoms with Crippen LogP contribution in [0.4, 0.5) is 8.78 Å². The van der Waals surface area contributed by atoms with E-state index in [0.29, 0.717) is 5.39 Å². The zero-order valence-electron chi connectivity index (χ0n) is 7.68. The Balaban J connectivity index is 2.78. The highest BCUT2D eigenvalue weighted by atomic mass is 19.1. The molecule has 2 aromatic rings. The molecule has 3 nitrogen and oxygen atoms in total. The fourth-order valence-corrected chi connectivity index (χ4v) is 1.49. The summed E-state index contributed by atoms with van der Waals surface area (Å²) in [5, 5.41) is 0.388. The molecule has 0 spiro atoms. The summed E-state index contributed by atoms with van der Waals surface area (Å²) in [7, 11) is 0. The molecule has 0 saturated heterocycles. The predicted molar refractivity (Wildman–Crippen MR) is 51.6 cm³/mol. The van der Waals surface area contributed by atoms with Gasteiger partial charge in [0.15, 0.2) is 11.6 Å². The first-order valence-electron chi connectivity index (χ1n) is 4.33. The van der Waals surface area contributed by atoms with Crippen molar-refractivity contribution < 1.29 is 13.6 Å². The van der Waals surface area contributed by atoms with E-state index in [-0.39, 0.29) is 5.52 Å². The Morgan fingerprint density at radius 2 is 2.20 bits per heavy atom. The van der Waals surface area contributed by atoms with E-state index in [1.807, 2.05) is 0 Å². The molecule has 0 aliphatic rings. The minimum Gasteiger partial charge on any atom is -0.359 e. The third-order valence-corrected chi connectivity index (χ3v) is 2.20. The van der Waals surface area contributed by atoms with Crippen LogP contribution in [0.25, 0.3) is 10.9 Å². The molecule has 0 bridgehead atoms. The first-order valence-corrected chi connectivity index (χ1v) is 4.33. The summed E-state index contributed by atoms with van der Waals surface area (Å²) in [5.41, 5.74) is 4.61. The average molecular weight is 210 g/mol. The number of carbonyl (C=O) groups excluding carboxylic acids is 1. The Labute approximate surface area is 83.9 Å². The number of carbonyl (C=O) groups is 1. The van der Waals surface area contributed by atoms with Crippen LogP contribution in [-0.2, 0) is 0 Å². The smallest absolute Gasteiger partial charge is 0.182 e. The number of H-pyrrole nitrogens is 1. The van der Waals surface area contributed by atoms with Crippen LogP contribution >= 0.6 is 0 Å². The third kappa shape index (κ3) is 1.41. The van der Waals surface area contributed by atoms with Crippen molar-refractivity contribution in [3.8, 4) is 0 Å². The highest BCUT2D eigenvalue weighted by Gasteiger charge is 2.19. The van der Waals surface area contributed by atoms with Crippen LogP contribution in [-0.4, -0.2) is 17.3 Å². The standard InChI is InChI=1S/C10H8F2N2O/c11-6-3-5-1-2-14-10(5)9(12)8(6)7(15)4-13/h1-3,14H,4,13H2. The van der Waals surface area contributed by atoms with E-state index in [9.17, 15) is 13.6 Å².